The van der Waals surface area contributed by atoms with Crippen LogP contribution in [0.15, 0.2) is 18.2 Å². The van der Waals surface area contributed by atoms with E-state index in [1.165, 1.54) is 6.07 Å². The molecule has 0 heterocycles. The Bertz CT molecular complexity index is 696. The molecule has 174 valence electrons. The van der Waals surface area contributed by atoms with Crippen LogP contribution in [0.4, 0.5) is 13.2 Å². The van der Waals surface area contributed by atoms with Gasteiger partial charge in [0, 0.05) is 5.54 Å². The molecule has 0 radical (unpaired) electrons. The summed E-state index contributed by atoms with van der Waals surface area (Å²) in [7, 11) is -4.67. The number of nitrogens with two attached hydrogens (primary N) is 1. The number of hydrogen-bond donors (Lipinski definition) is 3. The van der Waals surface area contributed by atoms with Gasteiger partial charge in [-0.2, -0.15) is 13.2 Å². The monoisotopic (exact) mass is 455 g/mol. The number of phosphoric acid groups is 1. The van der Waals surface area contributed by atoms with Crippen LogP contribution in [-0.4, -0.2) is 28.5 Å². The summed E-state index contributed by atoms with van der Waals surface area (Å²) in [5.41, 5.74) is 4.62. The van der Waals surface area contributed by atoms with Crippen molar-refractivity contribution in [3.63, 3.8) is 0 Å². The first-order valence-electron chi connectivity index (χ1n) is 10.2. The summed E-state index contributed by atoms with van der Waals surface area (Å²) in [5.74, 6) is -0.193. The summed E-state index contributed by atoms with van der Waals surface area (Å²) in [6.07, 6.45) is 1.04. The van der Waals surface area contributed by atoms with E-state index in [1.54, 1.807) is 13.0 Å². The smallest absolute Gasteiger partial charge is 0.469 e. The normalized spacial score (nSPS) is 14.5. The van der Waals surface area contributed by atoms with E-state index >= 15 is 0 Å². The van der Waals surface area contributed by atoms with Crippen molar-refractivity contribution in [3.05, 3.63) is 29.3 Å². The second-order valence-corrected chi connectivity index (χ2v) is 8.81. The molecule has 10 heteroatoms. The van der Waals surface area contributed by atoms with E-state index in [0.29, 0.717) is 18.4 Å². The highest BCUT2D eigenvalue weighted by Gasteiger charge is 2.35. The molecular formula is C20H33F3NO5P. The number of hydrogen-bond acceptors (Lipinski definition) is 4. The molecule has 0 aliphatic rings. The molecule has 0 fully saturated rings. The van der Waals surface area contributed by atoms with Crippen LogP contribution in [0, 0.1) is 0 Å². The number of aryl methyl sites for hydroxylation is 1. The fraction of sp³-hybridized carbons (Fsp3) is 0.700. The number of phosphoric ester groups is 1. The van der Waals surface area contributed by atoms with Crippen LogP contribution in [0.2, 0.25) is 0 Å². The van der Waals surface area contributed by atoms with Crippen LogP contribution >= 0.6 is 7.82 Å². The van der Waals surface area contributed by atoms with Crippen molar-refractivity contribution in [3.8, 4) is 5.75 Å². The molecule has 0 amide bonds. The van der Waals surface area contributed by atoms with Gasteiger partial charge in [-0.3, -0.25) is 4.52 Å². The first-order chi connectivity index (χ1) is 13.9. The van der Waals surface area contributed by atoms with Crippen LogP contribution < -0.4 is 10.5 Å². The van der Waals surface area contributed by atoms with E-state index in [1.807, 2.05) is 0 Å². The van der Waals surface area contributed by atoms with Crippen molar-refractivity contribution in [2.24, 2.45) is 5.73 Å². The largest absolute Gasteiger partial charge is 0.493 e. The molecular weight excluding hydrogens is 422 g/mol. The maximum Gasteiger partial charge on any atom is 0.469 e. The molecule has 0 saturated heterocycles. The van der Waals surface area contributed by atoms with Gasteiger partial charge in [0.05, 0.1) is 18.8 Å². The summed E-state index contributed by atoms with van der Waals surface area (Å²) in [4.78, 5) is 17.7. The average molecular weight is 455 g/mol. The Morgan fingerprint density at radius 2 is 1.77 bits per heavy atom. The molecule has 0 aliphatic heterocycles. The Hall–Kier alpha value is -1.12. The topological polar surface area (TPSA) is 102 Å². The van der Waals surface area contributed by atoms with Crippen LogP contribution in [0.5, 0.6) is 5.75 Å². The minimum absolute atomic E-state index is 0.193. The molecule has 30 heavy (non-hydrogen) atoms. The molecule has 0 aliphatic carbocycles. The van der Waals surface area contributed by atoms with Crippen LogP contribution in [-0.2, 0) is 21.7 Å². The van der Waals surface area contributed by atoms with Crippen molar-refractivity contribution in [2.45, 2.75) is 76.9 Å². The number of rotatable bonds is 14. The van der Waals surface area contributed by atoms with Crippen molar-refractivity contribution >= 4 is 7.82 Å². The summed E-state index contributed by atoms with van der Waals surface area (Å²) < 4.78 is 61.2. The quantitative estimate of drug-likeness (QED) is 0.263. The zero-order valence-electron chi connectivity index (χ0n) is 17.6. The van der Waals surface area contributed by atoms with Gasteiger partial charge in [0.1, 0.15) is 5.75 Å². The number of unbranched alkanes of at least 4 members (excludes halogenated alkanes) is 4. The lowest BCUT2D eigenvalue weighted by molar-refractivity contribution is -0.139. The van der Waals surface area contributed by atoms with E-state index in [9.17, 15) is 17.7 Å². The van der Waals surface area contributed by atoms with E-state index < -0.39 is 25.1 Å². The molecule has 0 spiro atoms. The second-order valence-electron chi connectivity index (χ2n) is 7.57. The minimum atomic E-state index is -4.67. The third kappa shape index (κ3) is 10.3. The maximum absolute atomic E-state index is 13.5. The molecule has 1 aromatic rings. The van der Waals surface area contributed by atoms with Gasteiger partial charge in [0.2, 0.25) is 0 Å². The van der Waals surface area contributed by atoms with Gasteiger partial charge in [-0.25, -0.2) is 4.57 Å². The molecule has 4 N–H and O–H groups in total. The van der Waals surface area contributed by atoms with Crippen molar-refractivity contribution in [2.75, 3.05) is 13.2 Å². The zero-order chi connectivity index (χ0) is 22.8. The van der Waals surface area contributed by atoms with E-state index in [2.05, 4.69) is 11.4 Å². The molecule has 0 bridgehead atoms. The fourth-order valence-corrected chi connectivity index (χ4v) is 3.35. The summed E-state index contributed by atoms with van der Waals surface area (Å²) in [6.45, 7) is 3.65. The molecule has 1 atom stereocenters. The van der Waals surface area contributed by atoms with Crippen molar-refractivity contribution in [1.82, 2.24) is 0 Å². The Balaban J connectivity index is 2.78. The predicted octanol–water partition coefficient (Wildman–Crippen LogP) is 5.20. The van der Waals surface area contributed by atoms with Crippen LogP contribution in [0.3, 0.4) is 0 Å². The van der Waals surface area contributed by atoms with Crippen molar-refractivity contribution in [1.29, 1.82) is 0 Å². The maximum atomic E-state index is 13.5. The molecule has 1 aromatic carbocycles. The zero-order valence-corrected chi connectivity index (χ0v) is 18.5. The first kappa shape index (κ1) is 26.9. The predicted molar refractivity (Wildman–Crippen MR) is 109 cm³/mol. The Labute approximate surface area is 176 Å². The van der Waals surface area contributed by atoms with Crippen LogP contribution in [0.1, 0.15) is 69.9 Å². The third-order valence-electron chi connectivity index (χ3n) is 4.99. The third-order valence-corrected chi connectivity index (χ3v) is 5.46. The molecule has 1 rings (SSSR count). The number of ether oxygens (including phenoxy) is 1. The summed E-state index contributed by atoms with van der Waals surface area (Å²) in [6, 6.07) is 3.92. The first-order valence-corrected chi connectivity index (χ1v) is 11.7. The van der Waals surface area contributed by atoms with E-state index in [4.69, 9.17) is 20.3 Å². The van der Waals surface area contributed by atoms with E-state index in [0.717, 1.165) is 31.7 Å². The Morgan fingerprint density at radius 1 is 1.10 bits per heavy atom. The lowest BCUT2D eigenvalue weighted by atomic mass is 9.90. The number of benzene rings is 1. The standard InChI is InChI=1S/C20H33F3NO5P/c1-3-5-6-7-8-13-28-18-10-9-16(14-17(18)20(21,22)23)11-12-19(24,4-2)15-29-30(25,26)27/h9-10,14H,3-8,11-13,15,24H2,1-2H3,(H2,25,26,27). The number of halogens is 3. The van der Waals surface area contributed by atoms with Gasteiger partial charge in [-0.1, -0.05) is 45.6 Å². The summed E-state index contributed by atoms with van der Waals surface area (Å²) >= 11 is 0. The lowest BCUT2D eigenvalue weighted by Gasteiger charge is -2.28. The lowest BCUT2D eigenvalue weighted by Crippen LogP contribution is -2.44. The highest BCUT2D eigenvalue weighted by Crippen LogP contribution is 2.39. The van der Waals surface area contributed by atoms with Crippen LogP contribution in [0.25, 0.3) is 0 Å². The SMILES string of the molecule is CCCCCCCOc1ccc(CCC(N)(CC)COP(=O)(O)O)cc1C(F)(F)F. The van der Waals surface area contributed by atoms with Gasteiger partial charge >= 0.3 is 14.0 Å². The number of alkyl halides is 3. The Kier molecular flexibility index (Phi) is 10.8. The van der Waals surface area contributed by atoms with Gasteiger partial charge in [-0.15, -0.1) is 0 Å². The van der Waals surface area contributed by atoms with Crippen molar-refractivity contribution < 1.29 is 36.8 Å². The van der Waals surface area contributed by atoms with Gasteiger partial charge in [0.25, 0.3) is 0 Å². The summed E-state index contributed by atoms with van der Waals surface area (Å²) in [5, 5.41) is 0. The van der Waals surface area contributed by atoms with Gasteiger partial charge in [0.15, 0.2) is 0 Å². The van der Waals surface area contributed by atoms with Gasteiger partial charge in [-0.05, 0) is 43.4 Å². The Morgan fingerprint density at radius 3 is 2.33 bits per heavy atom. The minimum Gasteiger partial charge on any atom is -0.493 e. The molecule has 0 aromatic heterocycles. The second kappa shape index (κ2) is 12.1. The van der Waals surface area contributed by atoms with Gasteiger partial charge < -0.3 is 20.3 Å². The highest BCUT2D eigenvalue weighted by atomic mass is 31.2. The fourth-order valence-electron chi connectivity index (χ4n) is 2.92. The molecule has 0 saturated carbocycles. The van der Waals surface area contributed by atoms with E-state index in [-0.39, 0.29) is 31.8 Å². The highest BCUT2D eigenvalue weighted by molar-refractivity contribution is 7.46. The molecule has 6 nitrogen and oxygen atoms in total. The molecule has 1 unspecified atom stereocenters. The average Bonchev–Trinajstić information content (AvgIpc) is 2.66.